The summed E-state index contributed by atoms with van der Waals surface area (Å²) in [5, 5.41) is 11.7. The van der Waals surface area contributed by atoms with Gasteiger partial charge in [0.15, 0.2) is 11.5 Å². The van der Waals surface area contributed by atoms with E-state index >= 15 is 0 Å². The van der Waals surface area contributed by atoms with Gasteiger partial charge in [0.2, 0.25) is 5.91 Å². The van der Waals surface area contributed by atoms with Crippen LogP contribution in [0.5, 0.6) is 11.5 Å². The standard InChI is InChI=1S/C22H19F3N2O3/c1-3-11-30-19-9-7-15(12-20(19)29-2)8-10-21(28)27-18(14-26)16-5-4-6-17(13-16)22(23,24)25/h1,4-7,9,12-13,18H,8,10-11H2,2H3,(H,27,28). The van der Waals surface area contributed by atoms with Crippen molar-refractivity contribution >= 4 is 5.91 Å². The van der Waals surface area contributed by atoms with Gasteiger partial charge < -0.3 is 14.8 Å². The van der Waals surface area contributed by atoms with E-state index in [1.165, 1.54) is 19.2 Å². The maximum atomic E-state index is 12.9. The average molecular weight is 416 g/mol. The number of terminal acetylenes is 1. The van der Waals surface area contributed by atoms with E-state index in [9.17, 15) is 23.2 Å². The van der Waals surface area contributed by atoms with Crippen molar-refractivity contribution in [2.24, 2.45) is 0 Å². The molecule has 8 heteroatoms. The first-order chi connectivity index (χ1) is 14.3. The van der Waals surface area contributed by atoms with Gasteiger partial charge in [-0.3, -0.25) is 4.79 Å². The van der Waals surface area contributed by atoms with Crippen LogP contribution < -0.4 is 14.8 Å². The van der Waals surface area contributed by atoms with Gasteiger partial charge in [0.05, 0.1) is 18.7 Å². The second kappa shape index (κ2) is 10.2. The molecule has 2 aromatic carbocycles. The molecular formula is C22H19F3N2O3. The summed E-state index contributed by atoms with van der Waals surface area (Å²) in [5.41, 5.74) is -0.0336. The van der Waals surface area contributed by atoms with E-state index in [4.69, 9.17) is 15.9 Å². The van der Waals surface area contributed by atoms with Crippen molar-refractivity contribution in [3.63, 3.8) is 0 Å². The number of carbonyl (C=O) groups is 1. The van der Waals surface area contributed by atoms with Gasteiger partial charge in [0, 0.05) is 6.42 Å². The summed E-state index contributed by atoms with van der Waals surface area (Å²) in [6.07, 6.45) is 0.994. The number of nitrogens with zero attached hydrogens (tertiary/aromatic N) is 1. The number of methoxy groups -OCH3 is 1. The Morgan fingerprint density at radius 1 is 1.23 bits per heavy atom. The van der Waals surface area contributed by atoms with Gasteiger partial charge in [-0.1, -0.05) is 24.1 Å². The van der Waals surface area contributed by atoms with E-state index in [1.54, 1.807) is 18.2 Å². The van der Waals surface area contributed by atoms with Crippen molar-refractivity contribution in [2.45, 2.75) is 25.1 Å². The summed E-state index contributed by atoms with van der Waals surface area (Å²) >= 11 is 0. The smallest absolute Gasteiger partial charge is 0.416 e. The molecule has 1 atom stereocenters. The summed E-state index contributed by atoms with van der Waals surface area (Å²) in [5.74, 6) is 2.81. The molecule has 0 aliphatic heterocycles. The van der Waals surface area contributed by atoms with E-state index in [-0.39, 0.29) is 18.6 Å². The third-order valence-corrected chi connectivity index (χ3v) is 4.16. The molecule has 0 saturated heterocycles. The Morgan fingerprint density at radius 3 is 2.63 bits per heavy atom. The zero-order valence-corrected chi connectivity index (χ0v) is 16.1. The molecule has 0 fully saturated rings. The largest absolute Gasteiger partial charge is 0.493 e. The number of carbonyl (C=O) groups excluding carboxylic acids is 1. The van der Waals surface area contributed by atoms with Crippen LogP contribution in [0.1, 0.15) is 29.2 Å². The molecule has 0 aliphatic carbocycles. The molecule has 0 aliphatic rings. The molecule has 1 amide bonds. The summed E-state index contributed by atoms with van der Waals surface area (Å²) in [4.78, 5) is 12.2. The Labute approximate surface area is 172 Å². The number of amides is 1. The molecule has 0 aromatic heterocycles. The van der Waals surface area contributed by atoms with Crippen molar-refractivity contribution < 1.29 is 27.4 Å². The third kappa shape index (κ3) is 6.18. The van der Waals surface area contributed by atoms with E-state index in [1.807, 2.05) is 6.07 Å². The highest BCUT2D eigenvalue weighted by Gasteiger charge is 2.31. The van der Waals surface area contributed by atoms with Crippen molar-refractivity contribution in [2.75, 3.05) is 13.7 Å². The number of alkyl halides is 3. The fourth-order valence-electron chi connectivity index (χ4n) is 2.68. The third-order valence-electron chi connectivity index (χ3n) is 4.16. The van der Waals surface area contributed by atoms with Crippen molar-refractivity contribution in [3.8, 4) is 29.9 Å². The number of nitrogens with one attached hydrogen (secondary N) is 1. The van der Waals surface area contributed by atoms with Gasteiger partial charge >= 0.3 is 6.18 Å². The predicted octanol–water partition coefficient (Wildman–Crippen LogP) is 4.04. The van der Waals surface area contributed by atoms with Crippen LogP contribution in [-0.2, 0) is 17.4 Å². The summed E-state index contributed by atoms with van der Waals surface area (Å²) < 4.78 is 49.2. The Balaban J connectivity index is 2.01. The molecule has 1 N–H and O–H groups in total. The first kappa shape index (κ1) is 22.6. The number of ether oxygens (including phenoxy) is 2. The highest BCUT2D eigenvalue weighted by atomic mass is 19.4. The van der Waals surface area contributed by atoms with E-state index in [0.29, 0.717) is 17.9 Å². The van der Waals surface area contributed by atoms with E-state index in [0.717, 1.165) is 17.7 Å². The van der Waals surface area contributed by atoms with Crippen LogP contribution in [0.25, 0.3) is 0 Å². The topological polar surface area (TPSA) is 71.3 Å². The summed E-state index contributed by atoms with van der Waals surface area (Å²) in [6, 6.07) is 10.1. The fourth-order valence-corrected chi connectivity index (χ4v) is 2.68. The van der Waals surface area contributed by atoms with Crippen LogP contribution in [0.2, 0.25) is 0 Å². The Morgan fingerprint density at radius 2 is 2.00 bits per heavy atom. The van der Waals surface area contributed by atoms with Gasteiger partial charge in [-0.25, -0.2) is 0 Å². The Hall–Kier alpha value is -3.65. The quantitative estimate of drug-likeness (QED) is 0.660. The molecule has 2 rings (SSSR count). The van der Waals surface area contributed by atoms with Gasteiger partial charge in [-0.15, -0.1) is 6.42 Å². The number of hydrogen-bond acceptors (Lipinski definition) is 4. The Kier molecular flexibility index (Phi) is 7.71. The maximum Gasteiger partial charge on any atom is 0.416 e. The van der Waals surface area contributed by atoms with Crippen LogP contribution in [0.4, 0.5) is 13.2 Å². The molecule has 0 saturated carbocycles. The van der Waals surface area contributed by atoms with Gasteiger partial charge in [-0.2, -0.15) is 18.4 Å². The van der Waals surface area contributed by atoms with Gasteiger partial charge in [0.1, 0.15) is 12.6 Å². The number of benzene rings is 2. The monoisotopic (exact) mass is 416 g/mol. The van der Waals surface area contributed by atoms with Gasteiger partial charge in [0.25, 0.3) is 0 Å². The second-order valence-electron chi connectivity index (χ2n) is 6.23. The molecule has 1 unspecified atom stereocenters. The number of hydrogen-bond donors (Lipinski definition) is 1. The van der Waals surface area contributed by atoms with Crippen molar-refractivity contribution in [1.29, 1.82) is 5.26 Å². The molecule has 2 aromatic rings. The molecule has 0 radical (unpaired) electrons. The van der Waals surface area contributed by atoms with Crippen LogP contribution in [-0.4, -0.2) is 19.6 Å². The first-order valence-electron chi connectivity index (χ1n) is 8.87. The summed E-state index contributed by atoms with van der Waals surface area (Å²) in [7, 11) is 1.47. The van der Waals surface area contributed by atoms with Crippen LogP contribution >= 0.6 is 0 Å². The SMILES string of the molecule is C#CCOc1ccc(CCC(=O)NC(C#N)c2cccc(C(F)(F)F)c2)cc1OC. The first-order valence-corrected chi connectivity index (χ1v) is 8.87. The molecule has 0 heterocycles. The molecule has 5 nitrogen and oxygen atoms in total. The number of aryl methyl sites for hydroxylation is 1. The Bertz CT molecular complexity index is 975. The van der Waals surface area contributed by atoms with Crippen LogP contribution in [0, 0.1) is 23.7 Å². The van der Waals surface area contributed by atoms with E-state index in [2.05, 4.69) is 11.2 Å². The molecule has 30 heavy (non-hydrogen) atoms. The lowest BCUT2D eigenvalue weighted by Gasteiger charge is -2.15. The normalized spacial score (nSPS) is 11.7. The zero-order valence-electron chi connectivity index (χ0n) is 16.1. The van der Waals surface area contributed by atoms with Gasteiger partial charge in [-0.05, 0) is 41.8 Å². The minimum absolute atomic E-state index is 0.0326. The maximum absolute atomic E-state index is 12.9. The highest BCUT2D eigenvalue weighted by molar-refractivity contribution is 5.77. The van der Waals surface area contributed by atoms with Crippen LogP contribution in [0.3, 0.4) is 0 Å². The van der Waals surface area contributed by atoms with Crippen molar-refractivity contribution in [1.82, 2.24) is 5.32 Å². The molecular weight excluding hydrogens is 397 g/mol. The number of halogens is 3. The van der Waals surface area contributed by atoms with Crippen LogP contribution in [0.15, 0.2) is 42.5 Å². The second-order valence-corrected chi connectivity index (χ2v) is 6.23. The van der Waals surface area contributed by atoms with E-state index < -0.39 is 23.7 Å². The number of nitriles is 1. The lowest BCUT2D eigenvalue weighted by Crippen LogP contribution is -2.28. The molecule has 156 valence electrons. The predicted molar refractivity (Wildman–Crippen MR) is 104 cm³/mol. The summed E-state index contributed by atoms with van der Waals surface area (Å²) in [6.45, 7) is 0.0865. The lowest BCUT2D eigenvalue weighted by atomic mass is 10.0. The number of rotatable bonds is 8. The molecule has 0 spiro atoms. The molecule has 0 bridgehead atoms. The zero-order chi connectivity index (χ0) is 22.1. The fraction of sp³-hybridized carbons (Fsp3) is 0.273. The average Bonchev–Trinajstić information content (AvgIpc) is 2.74. The minimum atomic E-state index is -4.53. The lowest BCUT2D eigenvalue weighted by molar-refractivity contribution is -0.137. The minimum Gasteiger partial charge on any atom is -0.493 e. The highest BCUT2D eigenvalue weighted by Crippen LogP contribution is 2.31. The van der Waals surface area contributed by atoms with Crippen molar-refractivity contribution in [3.05, 3.63) is 59.2 Å².